The van der Waals surface area contributed by atoms with Crippen molar-refractivity contribution < 1.29 is 14.3 Å². The summed E-state index contributed by atoms with van der Waals surface area (Å²) >= 11 is 0. The number of nitrogens with zero attached hydrogens (tertiary/aromatic N) is 3. The molecular weight excluding hydrogens is 498 g/mol. The van der Waals surface area contributed by atoms with Crippen molar-refractivity contribution in [2.24, 2.45) is 5.92 Å². The molecule has 0 aliphatic heterocycles. The minimum atomic E-state index is -0.395. The highest BCUT2D eigenvalue weighted by atomic mass is 16.5. The second kappa shape index (κ2) is 12.3. The van der Waals surface area contributed by atoms with Crippen LogP contribution in [0.3, 0.4) is 0 Å². The number of benzene rings is 3. The molecule has 1 fully saturated rings. The van der Waals surface area contributed by atoms with Gasteiger partial charge in [-0.05, 0) is 60.7 Å². The van der Waals surface area contributed by atoms with Crippen LogP contribution in [0.25, 0.3) is 22.0 Å². The number of amides is 1. The Morgan fingerprint density at radius 2 is 1.57 bits per heavy atom. The smallest absolute Gasteiger partial charge is 0.339 e. The average Bonchev–Trinajstić information content (AvgIpc) is 3.00. The molecule has 1 aliphatic rings. The molecule has 1 heterocycles. The Morgan fingerprint density at radius 1 is 0.900 bits per heavy atom. The number of pyridine rings is 1. The van der Waals surface area contributed by atoms with Crippen LogP contribution < -0.4 is 9.80 Å². The first-order valence-electron chi connectivity index (χ1n) is 14.2. The van der Waals surface area contributed by atoms with E-state index in [1.54, 1.807) is 19.2 Å². The van der Waals surface area contributed by atoms with Crippen LogP contribution >= 0.6 is 0 Å². The number of carbonyl (C=O) groups excluding carboxylic acids is 2. The molecule has 0 radical (unpaired) electrons. The third-order valence-corrected chi connectivity index (χ3v) is 7.72. The molecule has 0 bridgehead atoms. The molecule has 1 aliphatic carbocycles. The van der Waals surface area contributed by atoms with Crippen molar-refractivity contribution in [3.05, 3.63) is 90.1 Å². The average molecular weight is 536 g/mol. The van der Waals surface area contributed by atoms with E-state index < -0.39 is 5.97 Å². The number of aromatic nitrogens is 1. The van der Waals surface area contributed by atoms with E-state index in [1.807, 2.05) is 37.2 Å². The number of hydrogen-bond donors (Lipinski definition) is 0. The number of fused-ring (bicyclic) bond motifs is 1. The van der Waals surface area contributed by atoms with E-state index in [0.717, 1.165) is 59.1 Å². The van der Waals surface area contributed by atoms with Gasteiger partial charge in [-0.2, -0.15) is 0 Å². The predicted octanol–water partition coefficient (Wildman–Crippen LogP) is 7.26. The topological polar surface area (TPSA) is 62.7 Å². The number of anilines is 2. The van der Waals surface area contributed by atoms with Crippen LogP contribution in [0.5, 0.6) is 0 Å². The molecule has 1 amide bonds. The third kappa shape index (κ3) is 6.01. The first kappa shape index (κ1) is 27.4. The van der Waals surface area contributed by atoms with Gasteiger partial charge in [0.2, 0.25) is 5.91 Å². The lowest BCUT2D eigenvalue weighted by molar-refractivity contribution is -0.123. The van der Waals surface area contributed by atoms with Crippen molar-refractivity contribution in [1.82, 2.24) is 4.98 Å². The van der Waals surface area contributed by atoms with Gasteiger partial charge in [0, 0.05) is 37.3 Å². The quantitative estimate of drug-likeness (QED) is 0.222. The van der Waals surface area contributed by atoms with Gasteiger partial charge in [0.25, 0.3) is 0 Å². The fourth-order valence-electron chi connectivity index (χ4n) is 5.48. The molecule has 6 nitrogen and oxygen atoms in total. The van der Waals surface area contributed by atoms with Gasteiger partial charge in [-0.25, -0.2) is 4.79 Å². The Labute approximate surface area is 236 Å². The third-order valence-electron chi connectivity index (χ3n) is 7.72. The highest BCUT2D eigenvalue weighted by molar-refractivity contribution is 6.04. The zero-order valence-corrected chi connectivity index (χ0v) is 23.6. The fraction of sp³-hybridized carbons (Fsp3) is 0.324. The molecular formula is C34H37N3O3. The van der Waals surface area contributed by atoms with Crippen molar-refractivity contribution in [1.29, 1.82) is 0 Å². The van der Waals surface area contributed by atoms with E-state index in [0.29, 0.717) is 24.2 Å². The van der Waals surface area contributed by atoms with Crippen molar-refractivity contribution in [3.63, 3.8) is 0 Å². The molecule has 0 atom stereocenters. The predicted molar refractivity (Wildman–Crippen MR) is 162 cm³/mol. The van der Waals surface area contributed by atoms with E-state index in [9.17, 15) is 9.59 Å². The van der Waals surface area contributed by atoms with Crippen LogP contribution in [-0.4, -0.2) is 37.6 Å². The highest BCUT2D eigenvalue weighted by Gasteiger charge is 2.28. The van der Waals surface area contributed by atoms with E-state index in [1.165, 1.54) is 6.42 Å². The number of rotatable bonds is 8. The molecule has 0 saturated heterocycles. The molecule has 6 heteroatoms. The maximum atomic E-state index is 14.0. The Hall–Kier alpha value is -4.19. The van der Waals surface area contributed by atoms with Gasteiger partial charge < -0.3 is 14.5 Å². The number of para-hydroxylation sites is 1. The van der Waals surface area contributed by atoms with E-state index >= 15 is 0 Å². The maximum Gasteiger partial charge on any atom is 0.339 e. The molecule has 1 saturated carbocycles. The lowest BCUT2D eigenvalue weighted by Gasteiger charge is -2.30. The molecule has 40 heavy (non-hydrogen) atoms. The monoisotopic (exact) mass is 535 g/mol. The van der Waals surface area contributed by atoms with Gasteiger partial charge in [0.15, 0.2) is 0 Å². The summed E-state index contributed by atoms with van der Waals surface area (Å²) in [6, 6.07) is 24.6. The number of ether oxygens (including phenoxy) is 1. The summed E-state index contributed by atoms with van der Waals surface area (Å²) in [7, 11) is 4.07. The van der Waals surface area contributed by atoms with Gasteiger partial charge in [0.05, 0.1) is 29.9 Å². The second-order valence-corrected chi connectivity index (χ2v) is 10.7. The highest BCUT2D eigenvalue weighted by Crippen LogP contribution is 2.33. The van der Waals surface area contributed by atoms with Crippen LogP contribution in [0, 0.1) is 5.92 Å². The van der Waals surface area contributed by atoms with Crippen molar-refractivity contribution in [2.75, 3.05) is 30.5 Å². The van der Waals surface area contributed by atoms with Gasteiger partial charge in [-0.1, -0.05) is 67.8 Å². The van der Waals surface area contributed by atoms with Crippen LogP contribution in [-0.2, 0) is 16.1 Å². The van der Waals surface area contributed by atoms with Crippen LogP contribution in [0.4, 0.5) is 11.4 Å². The zero-order chi connectivity index (χ0) is 28.1. The molecule has 5 rings (SSSR count). The first-order valence-corrected chi connectivity index (χ1v) is 14.2. The van der Waals surface area contributed by atoms with Gasteiger partial charge in [0.1, 0.15) is 0 Å². The van der Waals surface area contributed by atoms with Crippen LogP contribution in [0.2, 0.25) is 0 Å². The Balaban J connectivity index is 1.47. The Bertz CT molecular complexity index is 1470. The standard InChI is InChI=1S/C34H37N3O3/c1-4-40-34(39)29-21-28-11-8-12-31(32(28)35-22-29)37(33(38)27-9-6-5-7-10-27)23-24-13-15-25(16-14-24)26-17-19-30(20-18-26)36(2)3/h8,11-22,27H,4-7,9-10,23H2,1-3H3. The minimum Gasteiger partial charge on any atom is -0.462 e. The summed E-state index contributed by atoms with van der Waals surface area (Å²) in [5, 5.41) is 0.806. The number of esters is 1. The summed E-state index contributed by atoms with van der Waals surface area (Å²) in [6.07, 6.45) is 6.74. The lowest BCUT2D eigenvalue weighted by Crippen LogP contribution is -2.37. The number of hydrogen-bond acceptors (Lipinski definition) is 5. The summed E-state index contributed by atoms with van der Waals surface area (Å²) in [6.45, 7) is 2.54. The van der Waals surface area contributed by atoms with E-state index in [2.05, 4.69) is 58.4 Å². The maximum absolute atomic E-state index is 14.0. The van der Waals surface area contributed by atoms with Crippen LogP contribution in [0.1, 0.15) is 54.9 Å². The Kier molecular flexibility index (Phi) is 8.44. The summed E-state index contributed by atoms with van der Waals surface area (Å²) in [5.74, 6) is -0.238. The molecule has 0 spiro atoms. The first-order chi connectivity index (χ1) is 19.4. The summed E-state index contributed by atoms with van der Waals surface area (Å²) < 4.78 is 5.16. The van der Waals surface area contributed by atoms with E-state index in [4.69, 9.17) is 4.74 Å². The molecule has 206 valence electrons. The van der Waals surface area contributed by atoms with Crippen molar-refractivity contribution >= 4 is 34.2 Å². The normalized spacial score (nSPS) is 13.7. The summed E-state index contributed by atoms with van der Waals surface area (Å²) in [5.41, 5.74) is 6.39. The molecule has 0 N–H and O–H groups in total. The number of carbonyl (C=O) groups is 2. The van der Waals surface area contributed by atoms with Crippen LogP contribution in [0.15, 0.2) is 79.0 Å². The molecule has 0 unspecified atom stereocenters. The van der Waals surface area contributed by atoms with Gasteiger partial charge >= 0.3 is 5.97 Å². The SMILES string of the molecule is CCOC(=O)c1cnc2c(N(Cc3ccc(-c4ccc(N(C)C)cc4)cc3)C(=O)C3CCCCC3)cccc2c1. The molecule has 3 aromatic carbocycles. The molecule has 1 aromatic heterocycles. The minimum absolute atomic E-state index is 0.0114. The van der Waals surface area contributed by atoms with Crippen molar-refractivity contribution in [2.45, 2.75) is 45.6 Å². The van der Waals surface area contributed by atoms with Crippen molar-refractivity contribution in [3.8, 4) is 11.1 Å². The second-order valence-electron chi connectivity index (χ2n) is 10.7. The molecule has 4 aromatic rings. The fourth-order valence-corrected chi connectivity index (χ4v) is 5.48. The van der Waals surface area contributed by atoms with E-state index in [-0.39, 0.29) is 11.8 Å². The van der Waals surface area contributed by atoms with Gasteiger partial charge in [-0.15, -0.1) is 0 Å². The zero-order valence-electron chi connectivity index (χ0n) is 23.6. The lowest BCUT2D eigenvalue weighted by atomic mass is 9.88. The van der Waals surface area contributed by atoms with Gasteiger partial charge in [-0.3, -0.25) is 9.78 Å². The Morgan fingerprint density at radius 3 is 2.23 bits per heavy atom. The summed E-state index contributed by atoms with van der Waals surface area (Å²) in [4.78, 5) is 34.9. The largest absolute Gasteiger partial charge is 0.462 e.